The van der Waals surface area contributed by atoms with Gasteiger partial charge in [-0.05, 0) is 41.5 Å². The summed E-state index contributed by atoms with van der Waals surface area (Å²) in [7, 11) is 0. The topological polar surface area (TPSA) is 66.4 Å². The van der Waals surface area contributed by atoms with Crippen molar-refractivity contribution >= 4 is 46.7 Å². The largest absolute Gasteiger partial charge is 0.478 e. The lowest BCUT2D eigenvalue weighted by Crippen LogP contribution is -2.12. The summed E-state index contributed by atoms with van der Waals surface area (Å²) in [4.78, 5) is 24.3. The second kappa shape index (κ2) is 7.10. The molecule has 0 spiro atoms. The number of thioether (sulfide) groups is 1. The maximum atomic E-state index is 12.3. The normalized spacial score (nSPS) is 10.7. The van der Waals surface area contributed by atoms with Crippen molar-refractivity contribution in [1.82, 2.24) is 0 Å². The number of carboxylic acids is 1. The Balaban J connectivity index is 2.21. The number of hydrogen-bond acceptors (Lipinski definition) is 4. The first kappa shape index (κ1) is 15.3. The Labute approximate surface area is 130 Å². The van der Waals surface area contributed by atoms with Crippen LogP contribution in [0.5, 0.6) is 0 Å². The third-order valence-electron chi connectivity index (χ3n) is 2.66. The highest BCUT2D eigenvalue weighted by Crippen LogP contribution is 2.26. The van der Waals surface area contributed by atoms with Gasteiger partial charge in [0, 0.05) is 11.0 Å². The van der Waals surface area contributed by atoms with E-state index in [0.717, 1.165) is 16.7 Å². The van der Waals surface area contributed by atoms with E-state index in [1.54, 1.807) is 23.2 Å². The van der Waals surface area contributed by atoms with Crippen LogP contribution in [0.2, 0.25) is 0 Å². The van der Waals surface area contributed by atoms with E-state index in [1.807, 2.05) is 30.5 Å². The van der Waals surface area contributed by atoms with Crippen LogP contribution in [0.3, 0.4) is 0 Å². The Morgan fingerprint density at radius 2 is 2.05 bits per heavy atom. The Hall–Kier alpha value is -2.05. The van der Waals surface area contributed by atoms with E-state index >= 15 is 0 Å². The molecule has 6 heteroatoms. The van der Waals surface area contributed by atoms with E-state index in [0.29, 0.717) is 10.4 Å². The predicted molar refractivity (Wildman–Crippen MR) is 87.2 cm³/mol. The minimum Gasteiger partial charge on any atom is -0.478 e. The molecule has 4 nitrogen and oxygen atoms in total. The molecule has 1 amide bonds. The van der Waals surface area contributed by atoms with Gasteiger partial charge in [0.1, 0.15) is 0 Å². The van der Waals surface area contributed by atoms with E-state index < -0.39 is 5.97 Å². The molecule has 2 rings (SSSR count). The molecular weight excluding hydrogens is 306 g/mol. The van der Waals surface area contributed by atoms with E-state index in [1.165, 1.54) is 17.4 Å². The lowest BCUT2D eigenvalue weighted by atomic mass is 10.2. The first-order chi connectivity index (χ1) is 10.1. The van der Waals surface area contributed by atoms with Crippen molar-refractivity contribution in [3.8, 4) is 0 Å². The SMILES string of the molecule is CSc1ccccc1NC(=O)c1sccc1/C=C/C(=O)O. The van der Waals surface area contributed by atoms with Gasteiger partial charge >= 0.3 is 5.97 Å². The number of carbonyl (C=O) groups is 2. The van der Waals surface area contributed by atoms with Crippen molar-refractivity contribution < 1.29 is 14.7 Å². The Kier molecular flexibility index (Phi) is 5.19. The lowest BCUT2D eigenvalue weighted by Gasteiger charge is -2.08. The number of rotatable bonds is 5. The van der Waals surface area contributed by atoms with Crippen molar-refractivity contribution in [1.29, 1.82) is 0 Å². The fourth-order valence-corrected chi connectivity index (χ4v) is 3.06. The molecule has 2 N–H and O–H groups in total. The van der Waals surface area contributed by atoms with Crippen molar-refractivity contribution in [2.75, 3.05) is 11.6 Å². The maximum absolute atomic E-state index is 12.3. The number of carboxylic acid groups (broad SMARTS) is 1. The molecule has 0 aliphatic heterocycles. The number of nitrogens with one attached hydrogen (secondary N) is 1. The van der Waals surface area contributed by atoms with E-state index in [9.17, 15) is 9.59 Å². The third-order valence-corrected chi connectivity index (χ3v) is 4.39. The van der Waals surface area contributed by atoms with Crippen LogP contribution >= 0.6 is 23.1 Å². The number of hydrogen-bond donors (Lipinski definition) is 2. The summed E-state index contributed by atoms with van der Waals surface area (Å²) in [5.41, 5.74) is 1.35. The molecular formula is C15H13NO3S2. The van der Waals surface area contributed by atoms with Crippen LogP contribution in [-0.4, -0.2) is 23.2 Å². The summed E-state index contributed by atoms with van der Waals surface area (Å²) in [6.07, 6.45) is 4.39. The molecule has 0 saturated carbocycles. The minimum absolute atomic E-state index is 0.239. The van der Waals surface area contributed by atoms with Gasteiger partial charge in [-0.1, -0.05) is 12.1 Å². The van der Waals surface area contributed by atoms with Gasteiger partial charge in [0.25, 0.3) is 5.91 Å². The fourth-order valence-electron chi connectivity index (χ4n) is 1.72. The fraction of sp³-hybridized carbons (Fsp3) is 0.0667. The second-order valence-electron chi connectivity index (χ2n) is 4.03. The van der Waals surface area contributed by atoms with Crippen LogP contribution in [-0.2, 0) is 4.79 Å². The summed E-state index contributed by atoms with van der Waals surface area (Å²) in [5, 5.41) is 13.3. The summed E-state index contributed by atoms with van der Waals surface area (Å²) >= 11 is 2.83. The van der Waals surface area contributed by atoms with Gasteiger partial charge in [0.2, 0.25) is 0 Å². The number of anilines is 1. The number of aliphatic carboxylic acids is 1. The maximum Gasteiger partial charge on any atom is 0.328 e. The average molecular weight is 319 g/mol. The van der Waals surface area contributed by atoms with Crippen molar-refractivity contribution in [3.63, 3.8) is 0 Å². The highest BCUT2D eigenvalue weighted by Gasteiger charge is 2.13. The Morgan fingerprint density at radius 3 is 2.76 bits per heavy atom. The molecule has 21 heavy (non-hydrogen) atoms. The number of thiophene rings is 1. The van der Waals surface area contributed by atoms with Gasteiger partial charge in [0.05, 0.1) is 10.6 Å². The molecule has 0 aliphatic rings. The molecule has 2 aromatic rings. The highest BCUT2D eigenvalue weighted by atomic mass is 32.2. The molecule has 0 radical (unpaired) electrons. The van der Waals surface area contributed by atoms with Crippen LogP contribution in [0.1, 0.15) is 15.2 Å². The van der Waals surface area contributed by atoms with Crippen LogP contribution < -0.4 is 5.32 Å². The third kappa shape index (κ3) is 3.96. The van der Waals surface area contributed by atoms with Crippen molar-refractivity contribution in [2.24, 2.45) is 0 Å². The van der Waals surface area contributed by atoms with Crippen molar-refractivity contribution in [3.05, 3.63) is 52.2 Å². The van der Waals surface area contributed by atoms with Gasteiger partial charge in [-0.2, -0.15) is 0 Å². The average Bonchev–Trinajstić information content (AvgIpc) is 2.94. The molecule has 1 heterocycles. The smallest absolute Gasteiger partial charge is 0.328 e. The van der Waals surface area contributed by atoms with Crippen LogP contribution in [0.15, 0.2) is 46.7 Å². The molecule has 0 bridgehead atoms. The quantitative estimate of drug-likeness (QED) is 0.649. The molecule has 0 saturated heterocycles. The Morgan fingerprint density at radius 1 is 1.29 bits per heavy atom. The van der Waals surface area contributed by atoms with Gasteiger partial charge in [-0.3, -0.25) is 4.79 Å². The summed E-state index contributed by atoms with van der Waals surface area (Å²) in [5.74, 6) is -1.28. The van der Waals surface area contributed by atoms with Crippen LogP contribution in [0.25, 0.3) is 6.08 Å². The lowest BCUT2D eigenvalue weighted by molar-refractivity contribution is -0.131. The number of carbonyl (C=O) groups excluding carboxylic acids is 1. The zero-order chi connectivity index (χ0) is 15.2. The van der Waals surface area contributed by atoms with Crippen LogP contribution in [0, 0.1) is 0 Å². The highest BCUT2D eigenvalue weighted by molar-refractivity contribution is 7.98. The van der Waals surface area contributed by atoms with E-state index in [4.69, 9.17) is 5.11 Å². The van der Waals surface area contributed by atoms with Gasteiger partial charge in [-0.15, -0.1) is 23.1 Å². The number of amides is 1. The van der Waals surface area contributed by atoms with Gasteiger partial charge in [0.15, 0.2) is 0 Å². The standard InChI is InChI=1S/C15H13NO3S2/c1-20-12-5-3-2-4-11(12)16-15(19)14-10(8-9-21-14)6-7-13(17)18/h2-9H,1H3,(H,16,19)(H,17,18)/b7-6+. The van der Waals surface area contributed by atoms with Gasteiger partial charge < -0.3 is 10.4 Å². The summed E-state index contributed by atoms with van der Waals surface area (Å²) in [6.45, 7) is 0. The van der Waals surface area contributed by atoms with E-state index in [-0.39, 0.29) is 5.91 Å². The molecule has 1 aromatic carbocycles. The number of para-hydroxylation sites is 1. The van der Waals surface area contributed by atoms with Crippen LogP contribution in [0.4, 0.5) is 5.69 Å². The molecule has 1 aromatic heterocycles. The first-order valence-electron chi connectivity index (χ1n) is 6.04. The molecule has 0 aliphatic carbocycles. The molecule has 0 atom stereocenters. The van der Waals surface area contributed by atoms with Gasteiger partial charge in [-0.25, -0.2) is 4.79 Å². The predicted octanol–water partition coefficient (Wildman–Crippen LogP) is 3.82. The number of benzene rings is 1. The molecule has 108 valence electrons. The monoisotopic (exact) mass is 319 g/mol. The zero-order valence-electron chi connectivity index (χ0n) is 11.2. The summed E-state index contributed by atoms with van der Waals surface area (Å²) in [6, 6.07) is 9.26. The summed E-state index contributed by atoms with van der Waals surface area (Å²) < 4.78 is 0. The molecule has 0 fully saturated rings. The Bertz CT molecular complexity index is 692. The zero-order valence-corrected chi connectivity index (χ0v) is 12.8. The van der Waals surface area contributed by atoms with E-state index in [2.05, 4.69) is 5.32 Å². The van der Waals surface area contributed by atoms with Crippen molar-refractivity contribution in [2.45, 2.75) is 4.90 Å². The minimum atomic E-state index is -1.04. The second-order valence-corrected chi connectivity index (χ2v) is 5.80. The first-order valence-corrected chi connectivity index (χ1v) is 8.15. The molecule has 0 unspecified atom stereocenters.